The van der Waals surface area contributed by atoms with Gasteiger partial charge in [0.2, 0.25) is 5.91 Å². The van der Waals surface area contributed by atoms with Crippen LogP contribution >= 0.6 is 0 Å². The first-order chi connectivity index (χ1) is 12.7. The third kappa shape index (κ3) is 4.73. The predicted octanol–water partition coefficient (Wildman–Crippen LogP) is 2.10. The van der Waals surface area contributed by atoms with Gasteiger partial charge in [0.25, 0.3) is 0 Å². The molecule has 0 atom stereocenters. The second-order valence-electron chi connectivity index (χ2n) is 6.78. The van der Waals surface area contributed by atoms with Gasteiger partial charge < -0.3 is 20.3 Å². The second-order valence-corrected chi connectivity index (χ2v) is 6.78. The van der Waals surface area contributed by atoms with Crippen molar-refractivity contribution in [2.24, 2.45) is 5.92 Å². The number of urea groups is 1. The number of likely N-dealkylation sites (tertiary alicyclic amines) is 1. The fourth-order valence-corrected chi connectivity index (χ4v) is 3.36. The number of ether oxygens (including phenoxy) is 1. The first-order valence-corrected chi connectivity index (χ1v) is 9.10. The number of amides is 3. The van der Waals surface area contributed by atoms with Crippen LogP contribution in [0.1, 0.15) is 31.2 Å². The van der Waals surface area contributed by atoms with Crippen LogP contribution in [-0.4, -0.2) is 49.2 Å². The van der Waals surface area contributed by atoms with Crippen LogP contribution in [0.5, 0.6) is 0 Å². The lowest BCUT2D eigenvalue weighted by molar-refractivity contribution is -0.121. The molecule has 3 rings (SSSR count). The minimum atomic E-state index is -0.118. The number of anilines is 1. The average molecular weight is 356 g/mol. The predicted molar refractivity (Wildman–Crippen MR) is 96.5 cm³/mol. The van der Waals surface area contributed by atoms with Gasteiger partial charge in [0, 0.05) is 44.0 Å². The number of carbonyl (C=O) groups is 2. The Bertz CT molecular complexity index is 686. The van der Waals surface area contributed by atoms with Gasteiger partial charge in [-0.25, -0.2) is 4.79 Å². The number of nitrogens with zero attached hydrogens (tertiary/aromatic N) is 2. The summed E-state index contributed by atoms with van der Waals surface area (Å²) >= 11 is 0. The van der Waals surface area contributed by atoms with Crippen LogP contribution in [-0.2, 0) is 9.53 Å². The van der Waals surface area contributed by atoms with E-state index in [1.165, 1.54) is 0 Å². The molecule has 2 heterocycles. The molecule has 0 aliphatic carbocycles. The van der Waals surface area contributed by atoms with Crippen molar-refractivity contribution >= 4 is 17.6 Å². The van der Waals surface area contributed by atoms with Crippen molar-refractivity contribution in [3.63, 3.8) is 0 Å². The Kier molecular flexibility index (Phi) is 6.08. The Balaban J connectivity index is 1.46. The van der Waals surface area contributed by atoms with Crippen molar-refractivity contribution in [1.29, 1.82) is 5.26 Å². The molecule has 3 amide bonds. The third-order valence-corrected chi connectivity index (χ3v) is 4.96. The van der Waals surface area contributed by atoms with Crippen molar-refractivity contribution in [2.75, 3.05) is 31.6 Å². The molecular weight excluding hydrogens is 332 g/mol. The van der Waals surface area contributed by atoms with E-state index >= 15 is 0 Å². The molecule has 26 heavy (non-hydrogen) atoms. The molecule has 138 valence electrons. The zero-order chi connectivity index (χ0) is 18.4. The maximum atomic E-state index is 12.4. The first kappa shape index (κ1) is 18.2. The maximum absolute atomic E-state index is 12.4. The van der Waals surface area contributed by atoms with Crippen LogP contribution in [0.25, 0.3) is 0 Å². The molecule has 7 nitrogen and oxygen atoms in total. The van der Waals surface area contributed by atoms with E-state index in [2.05, 4.69) is 16.7 Å². The molecule has 0 radical (unpaired) electrons. The first-order valence-electron chi connectivity index (χ1n) is 9.10. The monoisotopic (exact) mass is 356 g/mol. The van der Waals surface area contributed by atoms with Gasteiger partial charge in [0.05, 0.1) is 11.6 Å². The number of rotatable bonds is 3. The summed E-state index contributed by atoms with van der Waals surface area (Å²) in [7, 11) is 0. The smallest absolute Gasteiger partial charge is 0.317 e. The summed E-state index contributed by atoms with van der Waals surface area (Å²) in [6.45, 7) is 2.54. The summed E-state index contributed by atoms with van der Waals surface area (Å²) in [4.78, 5) is 26.6. The van der Waals surface area contributed by atoms with E-state index in [9.17, 15) is 9.59 Å². The Morgan fingerprint density at radius 3 is 2.58 bits per heavy atom. The molecule has 2 N–H and O–H groups in total. The lowest BCUT2D eigenvalue weighted by Crippen LogP contribution is -2.50. The lowest BCUT2D eigenvalue weighted by Gasteiger charge is -2.33. The standard InChI is InChI=1S/C19H24N4O3/c20-13-14-2-1-3-17(12-14)21-18(24)15-4-8-23(9-5-15)19(25)22-16-6-10-26-11-7-16/h1-3,12,15-16H,4-11H2,(H,21,24)(H,22,25). The minimum Gasteiger partial charge on any atom is -0.381 e. The van der Waals surface area contributed by atoms with Gasteiger partial charge in [-0.05, 0) is 43.9 Å². The molecule has 0 saturated carbocycles. The van der Waals surface area contributed by atoms with E-state index in [-0.39, 0.29) is 23.9 Å². The highest BCUT2D eigenvalue weighted by molar-refractivity contribution is 5.92. The summed E-state index contributed by atoms with van der Waals surface area (Å²) in [6, 6.07) is 9.08. The summed E-state index contributed by atoms with van der Waals surface area (Å²) in [6.07, 6.45) is 2.99. The number of nitrogens with one attached hydrogen (secondary N) is 2. The zero-order valence-electron chi connectivity index (χ0n) is 14.7. The van der Waals surface area contributed by atoms with Crippen LogP contribution in [0.4, 0.5) is 10.5 Å². The molecule has 0 unspecified atom stereocenters. The third-order valence-electron chi connectivity index (χ3n) is 4.96. The van der Waals surface area contributed by atoms with Crippen LogP contribution in [0.3, 0.4) is 0 Å². The highest BCUT2D eigenvalue weighted by Gasteiger charge is 2.28. The Hall–Kier alpha value is -2.59. The van der Waals surface area contributed by atoms with Crippen LogP contribution in [0.15, 0.2) is 24.3 Å². The maximum Gasteiger partial charge on any atom is 0.317 e. The van der Waals surface area contributed by atoms with E-state index < -0.39 is 0 Å². The van der Waals surface area contributed by atoms with Crippen molar-refractivity contribution in [2.45, 2.75) is 31.7 Å². The summed E-state index contributed by atoms with van der Waals surface area (Å²) in [5.41, 5.74) is 1.15. The van der Waals surface area contributed by atoms with Crippen molar-refractivity contribution in [3.8, 4) is 6.07 Å². The molecule has 2 fully saturated rings. The van der Waals surface area contributed by atoms with E-state index in [4.69, 9.17) is 10.00 Å². The van der Waals surface area contributed by atoms with Gasteiger partial charge in [-0.1, -0.05) is 6.07 Å². The van der Waals surface area contributed by atoms with Gasteiger partial charge in [-0.3, -0.25) is 4.79 Å². The van der Waals surface area contributed by atoms with Crippen molar-refractivity contribution < 1.29 is 14.3 Å². The normalized spacial score (nSPS) is 18.8. The molecule has 2 aliphatic heterocycles. The van der Waals surface area contributed by atoms with Crippen molar-refractivity contribution in [3.05, 3.63) is 29.8 Å². The van der Waals surface area contributed by atoms with E-state index in [0.29, 0.717) is 50.4 Å². The second kappa shape index (κ2) is 8.68. The Labute approximate surface area is 153 Å². The summed E-state index contributed by atoms with van der Waals surface area (Å²) in [5.74, 6) is -0.169. The SMILES string of the molecule is N#Cc1cccc(NC(=O)C2CCN(C(=O)NC3CCOCC3)CC2)c1. The van der Waals surface area contributed by atoms with Gasteiger partial charge in [0.1, 0.15) is 0 Å². The number of piperidine rings is 1. The van der Waals surface area contributed by atoms with Crippen LogP contribution in [0, 0.1) is 17.2 Å². The molecular formula is C19H24N4O3. The molecule has 2 aliphatic rings. The van der Waals surface area contributed by atoms with Gasteiger partial charge in [0.15, 0.2) is 0 Å². The summed E-state index contributed by atoms with van der Waals surface area (Å²) < 4.78 is 5.30. The molecule has 2 saturated heterocycles. The Morgan fingerprint density at radius 1 is 1.15 bits per heavy atom. The number of hydrogen-bond acceptors (Lipinski definition) is 4. The highest BCUT2D eigenvalue weighted by Crippen LogP contribution is 2.20. The number of carbonyl (C=O) groups excluding carboxylic acids is 2. The summed E-state index contributed by atoms with van der Waals surface area (Å²) in [5, 5.41) is 14.9. The topological polar surface area (TPSA) is 94.5 Å². The van der Waals surface area contributed by atoms with E-state index in [1.54, 1.807) is 29.2 Å². The van der Waals surface area contributed by atoms with Gasteiger partial charge >= 0.3 is 6.03 Å². The molecule has 1 aromatic rings. The molecule has 7 heteroatoms. The van der Waals surface area contributed by atoms with Gasteiger partial charge in [-0.2, -0.15) is 5.26 Å². The van der Waals surface area contributed by atoms with Gasteiger partial charge in [-0.15, -0.1) is 0 Å². The fraction of sp³-hybridized carbons (Fsp3) is 0.526. The molecule has 1 aromatic carbocycles. The van der Waals surface area contributed by atoms with Crippen LogP contribution in [0.2, 0.25) is 0 Å². The van der Waals surface area contributed by atoms with Crippen LogP contribution < -0.4 is 10.6 Å². The number of nitriles is 1. The highest BCUT2D eigenvalue weighted by atomic mass is 16.5. The fourth-order valence-electron chi connectivity index (χ4n) is 3.36. The molecule has 0 aromatic heterocycles. The quantitative estimate of drug-likeness (QED) is 0.867. The number of benzene rings is 1. The van der Waals surface area contributed by atoms with E-state index in [1.807, 2.05) is 0 Å². The number of hydrogen-bond donors (Lipinski definition) is 2. The van der Waals surface area contributed by atoms with Crippen molar-refractivity contribution in [1.82, 2.24) is 10.2 Å². The Morgan fingerprint density at radius 2 is 1.88 bits per heavy atom. The molecule has 0 spiro atoms. The van der Waals surface area contributed by atoms with E-state index in [0.717, 1.165) is 12.8 Å². The minimum absolute atomic E-state index is 0.0440. The average Bonchev–Trinajstić information content (AvgIpc) is 2.69. The molecule has 0 bridgehead atoms. The largest absolute Gasteiger partial charge is 0.381 e. The zero-order valence-corrected chi connectivity index (χ0v) is 14.7. The lowest BCUT2D eigenvalue weighted by atomic mass is 9.96.